The van der Waals surface area contributed by atoms with Gasteiger partial charge in [-0.1, -0.05) is 30.3 Å². The second-order valence-corrected chi connectivity index (χ2v) is 5.23. The Hall–Kier alpha value is -3.15. The Morgan fingerprint density at radius 2 is 1.76 bits per heavy atom. The van der Waals surface area contributed by atoms with Crippen LogP contribution in [0.3, 0.4) is 0 Å². The Balaban J connectivity index is 1.71. The molecule has 130 valence electrons. The molecule has 2 rings (SSSR count). The highest BCUT2D eigenvalue weighted by Gasteiger charge is 2.08. The maximum absolute atomic E-state index is 11.7. The first-order chi connectivity index (χ1) is 12.2. The van der Waals surface area contributed by atoms with Crippen molar-refractivity contribution in [2.75, 3.05) is 6.61 Å². The van der Waals surface area contributed by atoms with Crippen molar-refractivity contribution in [2.45, 2.75) is 19.9 Å². The molecule has 2 N–H and O–H groups in total. The fourth-order valence-corrected chi connectivity index (χ4v) is 2.04. The highest BCUT2D eigenvalue weighted by molar-refractivity contribution is 5.97. The number of ether oxygens (including phenoxy) is 1. The van der Waals surface area contributed by atoms with Gasteiger partial charge in [0, 0.05) is 6.54 Å². The normalized spacial score (nSPS) is 10.4. The molecule has 0 radical (unpaired) electrons. The number of carbonyl (C=O) groups is 2. The van der Waals surface area contributed by atoms with Gasteiger partial charge < -0.3 is 10.1 Å². The van der Waals surface area contributed by atoms with Crippen molar-refractivity contribution in [1.29, 1.82) is 0 Å². The van der Waals surface area contributed by atoms with Crippen LogP contribution in [0.1, 0.15) is 24.5 Å². The highest BCUT2D eigenvalue weighted by Crippen LogP contribution is 2.10. The number of hydrogen-bond acceptors (Lipinski definition) is 4. The van der Waals surface area contributed by atoms with Crippen molar-refractivity contribution in [3.8, 4) is 5.75 Å². The molecule has 0 bridgehead atoms. The molecular formula is C19H21N3O3. The van der Waals surface area contributed by atoms with Crippen LogP contribution in [0.25, 0.3) is 0 Å². The van der Waals surface area contributed by atoms with E-state index in [1.165, 1.54) is 6.21 Å². The number of nitrogens with one attached hydrogen (secondary N) is 2. The molecular weight excluding hydrogens is 318 g/mol. The summed E-state index contributed by atoms with van der Waals surface area (Å²) in [6.45, 7) is 2.92. The summed E-state index contributed by atoms with van der Waals surface area (Å²) in [5.41, 5.74) is 4.13. The van der Waals surface area contributed by atoms with Crippen molar-refractivity contribution >= 4 is 18.0 Å². The lowest BCUT2D eigenvalue weighted by molar-refractivity contribution is -0.129. The molecule has 2 aromatic rings. The molecule has 0 aliphatic heterocycles. The lowest BCUT2D eigenvalue weighted by Crippen LogP contribution is -2.29. The Kier molecular flexibility index (Phi) is 7.18. The van der Waals surface area contributed by atoms with Gasteiger partial charge in [-0.05, 0) is 42.3 Å². The molecule has 0 heterocycles. The molecule has 2 aromatic carbocycles. The molecule has 2 amide bonds. The average molecular weight is 339 g/mol. The van der Waals surface area contributed by atoms with E-state index < -0.39 is 5.91 Å². The number of hydrazone groups is 1. The van der Waals surface area contributed by atoms with E-state index in [0.29, 0.717) is 13.2 Å². The molecule has 0 atom stereocenters. The maximum Gasteiger partial charge on any atom is 0.249 e. The van der Waals surface area contributed by atoms with E-state index in [-0.39, 0.29) is 12.3 Å². The minimum atomic E-state index is -0.465. The van der Waals surface area contributed by atoms with Gasteiger partial charge in [0.05, 0.1) is 12.8 Å². The number of nitrogens with zero attached hydrogens (tertiary/aromatic N) is 1. The first-order valence-corrected chi connectivity index (χ1v) is 8.02. The van der Waals surface area contributed by atoms with Crippen LogP contribution >= 0.6 is 0 Å². The molecule has 0 aromatic heterocycles. The van der Waals surface area contributed by atoms with Crippen molar-refractivity contribution in [2.24, 2.45) is 5.10 Å². The van der Waals surface area contributed by atoms with E-state index in [4.69, 9.17) is 4.74 Å². The number of benzene rings is 2. The quantitative estimate of drug-likeness (QED) is 0.440. The van der Waals surface area contributed by atoms with Gasteiger partial charge in [-0.3, -0.25) is 9.59 Å². The van der Waals surface area contributed by atoms with Crippen LogP contribution in [0.15, 0.2) is 59.7 Å². The number of amides is 2. The van der Waals surface area contributed by atoms with Crippen LogP contribution < -0.4 is 15.5 Å². The van der Waals surface area contributed by atoms with Crippen molar-refractivity contribution in [3.05, 3.63) is 65.7 Å². The van der Waals surface area contributed by atoms with Crippen LogP contribution in [0.4, 0.5) is 0 Å². The highest BCUT2D eigenvalue weighted by atomic mass is 16.5. The topological polar surface area (TPSA) is 79.8 Å². The van der Waals surface area contributed by atoms with Crippen LogP contribution in [-0.4, -0.2) is 24.6 Å². The zero-order chi connectivity index (χ0) is 17.9. The fraction of sp³-hybridized carbons (Fsp3) is 0.211. The molecule has 25 heavy (non-hydrogen) atoms. The second kappa shape index (κ2) is 9.87. The van der Waals surface area contributed by atoms with Crippen molar-refractivity contribution in [1.82, 2.24) is 10.7 Å². The van der Waals surface area contributed by atoms with Gasteiger partial charge in [-0.2, -0.15) is 5.10 Å². The van der Waals surface area contributed by atoms with Crippen LogP contribution in [0.2, 0.25) is 0 Å². The predicted molar refractivity (Wildman–Crippen MR) is 96.3 cm³/mol. The molecule has 0 fully saturated rings. The van der Waals surface area contributed by atoms with Gasteiger partial charge in [-0.25, -0.2) is 5.43 Å². The second-order valence-electron chi connectivity index (χ2n) is 5.23. The SMILES string of the molecule is CCOc1ccc(/C=N\NC(=O)CC(=O)NCc2ccccc2)cc1. The van der Waals surface area contributed by atoms with E-state index in [1.807, 2.05) is 61.5 Å². The zero-order valence-electron chi connectivity index (χ0n) is 14.1. The van der Waals surface area contributed by atoms with Crippen LogP contribution in [-0.2, 0) is 16.1 Å². The third-order valence-electron chi connectivity index (χ3n) is 3.25. The lowest BCUT2D eigenvalue weighted by Gasteiger charge is -2.04. The molecule has 0 aliphatic rings. The van der Waals surface area contributed by atoms with E-state index in [1.54, 1.807) is 0 Å². The van der Waals surface area contributed by atoms with Gasteiger partial charge >= 0.3 is 0 Å². The summed E-state index contributed by atoms with van der Waals surface area (Å²) in [6, 6.07) is 16.8. The van der Waals surface area contributed by atoms with E-state index in [2.05, 4.69) is 15.8 Å². The van der Waals surface area contributed by atoms with E-state index in [0.717, 1.165) is 16.9 Å². The summed E-state index contributed by atoms with van der Waals surface area (Å²) in [6.07, 6.45) is 1.24. The Bertz CT molecular complexity index is 712. The minimum Gasteiger partial charge on any atom is -0.494 e. The largest absolute Gasteiger partial charge is 0.494 e. The Labute approximate surface area is 146 Å². The summed E-state index contributed by atoms with van der Waals surface area (Å²) in [7, 11) is 0. The molecule has 0 spiro atoms. The van der Waals surface area contributed by atoms with Gasteiger partial charge in [0.1, 0.15) is 12.2 Å². The summed E-state index contributed by atoms with van der Waals surface area (Å²) in [5.74, 6) is -0.0378. The first kappa shape index (κ1) is 18.2. The van der Waals surface area contributed by atoms with Gasteiger partial charge in [0.2, 0.25) is 11.8 Å². The smallest absolute Gasteiger partial charge is 0.249 e. The van der Waals surface area contributed by atoms with Crippen molar-refractivity contribution < 1.29 is 14.3 Å². The minimum absolute atomic E-state index is 0.270. The Morgan fingerprint density at radius 3 is 2.44 bits per heavy atom. The summed E-state index contributed by atoms with van der Waals surface area (Å²) < 4.78 is 5.34. The number of rotatable bonds is 8. The predicted octanol–water partition coefficient (Wildman–Crippen LogP) is 2.24. The van der Waals surface area contributed by atoms with E-state index >= 15 is 0 Å². The summed E-state index contributed by atoms with van der Waals surface area (Å²) >= 11 is 0. The molecule has 6 heteroatoms. The zero-order valence-corrected chi connectivity index (χ0v) is 14.1. The summed E-state index contributed by atoms with van der Waals surface area (Å²) in [5, 5.41) is 6.53. The van der Waals surface area contributed by atoms with Gasteiger partial charge in [0.25, 0.3) is 0 Å². The molecule has 0 aliphatic carbocycles. The number of hydrogen-bond donors (Lipinski definition) is 2. The number of carbonyl (C=O) groups excluding carboxylic acids is 2. The van der Waals surface area contributed by atoms with Crippen molar-refractivity contribution in [3.63, 3.8) is 0 Å². The summed E-state index contributed by atoms with van der Waals surface area (Å²) in [4.78, 5) is 23.4. The van der Waals surface area contributed by atoms with Crippen LogP contribution in [0.5, 0.6) is 5.75 Å². The fourth-order valence-electron chi connectivity index (χ4n) is 2.04. The third kappa shape index (κ3) is 6.87. The molecule has 0 unspecified atom stereocenters. The first-order valence-electron chi connectivity index (χ1n) is 8.02. The molecule has 0 saturated heterocycles. The monoisotopic (exact) mass is 339 g/mol. The Morgan fingerprint density at radius 1 is 1.04 bits per heavy atom. The molecule has 0 saturated carbocycles. The van der Waals surface area contributed by atoms with Gasteiger partial charge in [-0.15, -0.1) is 0 Å². The maximum atomic E-state index is 11.7. The van der Waals surface area contributed by atoms with E-state index in [9.17, 15) is 9.59 Å². The third-order valence-corrected chi connectivity index (χ3v) is 3.25. The lowest BCUT2D eigenvalue weighted by atomic mass is 10.2. The van der Waals surface area contributed by atoms with Crippen LogP contribution in [0, 0.1) is 0 Å². The molecule has 6 nitrogen and oxygen atoms in total. The standard InChI is InChI=1S/C19H21N3O3/c1-2-25-17-10-8-16(9-11-17)14-21-22-19(24)12-18(23)20-13-15-6-4-3-5-7-15/h3-11,14H,2,12-13H2,1H3,(H,20,23)(H,22,24)/b21-14-. The van der Waals surface area contributed by atoms with Gasteiger partial charge in [0.15, 0.2) is 0 Å². The average Bonchev–Trinajstić information content (AvgIpc) is 2.62.